The van der Waals surface area contributed by atoms with Crippen LogP contribution < -0.4 is 5.31 Å². The van der Waals surface area contributed by atoms with Crippen molar-refractivity contribution in [1.29, 1.82) is 0 Å². The van der Waals surface area contributed by atoms with E-state index in [9.17, 15) is 0 Å². The van der Waals surface area contributed by atoms with Crippen LogP contribution in [0.1, 0.15) is 37.7 Å². The van der Waals surface area contributed by atoms with Crippen molar-refractivity contribution in [3.8, 4) is 0 Å². The zero-order chi connectivity index (χ0) is 10.3. The highest BCUT2D eigenvalue weighted by molar-refractivity contribution is 5.60. The van der Waals surface area contributed by atoms with Crippen molar-refractivity contribution in [3.63, 3.8) is 0 Å². The van der Waals surface area contributed by atoms with Crippen LogP contribution >= 0.6 is 0 Å². The van der Waals surface area contributed by atoms with Crippen molar-refractivity contribution in [2.75, 3.05) is 11.9 Å². The summed E-state index contributed by atoms with van der Waals surface area (Å²) in [7, 11) is 0. The summed E-state index contributed by atoms with van der Waals surface area (Å²) in [6.07, 6.45) is 6.60. The second-order valence-electron chi connectivity index (χ2n) is 4.67. The van der Waals surface area contributed by atoms with Gasteiger partial charge in [0.2, 0.25) is 0 Å². The summed E-state index contributed by atoms with van der Waals surface area (Å²) in [4.78, 5) is 0. The van der Waals surface area contributed by atoms with Gasteiger partial charge in [0.25, 0.3) is 0 Å². The number of anilines is 1. The Labute approximate surface area is 87.0 Å². The van der Waals surface area contributed by atoms with Gasteiger partial charge in [-0.3, -0.25) is 0 Å². The Kier molecular flexibility index (Phi) is 1.58. The average molecular weight is 188 g/mol. The van der Waals surface area contributed by atoms with Crippen molar-refractivity contribution < 1.29 is 1.41 Å². The Balaban J connectivity index is 2.06. The molecule has 1 aliphatic heterocycles. The molecule has 1 aromatic carbocycles. The Morgan fingerprint density at radius 3 is 2.79 bits per heavy atom. The Bertz CT molecular complexity index is 369. The summed E-state index contributed by atoms with van der Waals surface area (Å²) >= 11 is 0. The molecule has 0 bridgehead atoms. The smallest absolute Gasteiger partial charge is 0.160 e. The van der Waals surface area contributed by atoms with Crippen LogP contribution in [0.15, 0.2) is 24.3 Å². The molecule has 74 valence electrons. The first-order chi connectivity index (χ1) is 7.32. The molecule has 0 aromatic heterocycles. The van der Waals surface area contributed by atoms with Gasteiger partial charge in [-0.15, -0.1) is 0 Å². The van der Waals surface area contributed by atoms with Crippen LogP contribution in [0.25, 0.3) is 0 Å². The van der Waals surface area contributed by atoms with Gasteiger partial charge < -0.3 is 5.31 Å². The SMILES string of the molecule is [2H]N1CC2(CCCCC2)c2ccccc21. The molecule has 1 aromatic rings. The lowest BCUT2D eigenvalue weighted by Gasteiger charge is -2.33. The monoisotopic (exact) mass is 188 g/mol. The average Bonchev–Trinajstić information content (AvgIpc) is 2.55. The molecule has 0 radical (unpaired) electrons. The number of benzene rings is 1. The van der Waals surface area contributed by atoms with Crippen LogP contribution in [-0.2, 0) is 5.41 Å². The second kappa shape index (κ2) is 3.01. The quantitative estimate of drug-likeness (QED) is 0.658. The summed E-state index contributed by atoms with van der Waals surface area (Å²) in [5, 5.41) is 1.70. The standard InChI is InChI=1S/C13H17N/c1-4-8-13(9-5-1)10-14-12-7-3-2-6-11(12)13/h2-3,6-7,14H,1,4-5,8-10H2/i/hD. The maximum Gasteiger partial charge on any atom is 0.160 e. The van der Waals surface area contributed by atoms with E-state index in [-0.39, 0.29) is 0 Å². The van der Waals surface area contributed by atoms with Crippen LogP contribution in [-0.4, -0.2) is 6.54 Å². The van der Waals surface area contributed by atoms with Crippen molar-refractivity contribution in [1.82, 2.24) is 0 Å². The fourth-order valence-electron chi connectivity index (χ4n) is 3.04. The molecule has 0 atom stereocenters. The normalized spacial score (nSPS) is 24.9. The van der Waals surface area contributed by atoms with Gasteiger partial charge in [-0.25, -0.2) is 0 Å². The molecule has 1 heterocycles. The molecular weight excluding hydrogens is 170 g/mol. The van der Waals surface area contributed by atoms with Crippen LogP contribution in [0.4, 0.5) is 5.69 Å². The third kappa shape index (κ3) is 1.08. The molecule has 1 fully saturated rings. The predicted molar refractivity (Wildman–Crippen MR) is 59.7 cm³/mol. The van der Waals surface area contributed by atoms with E-state index in [1.165, 1.54) is 37.7 Å². The van der Waals surface area contributed by atoms with E-state index in [0.29, 0.717) is 5.41 Å². The first kappa shape index (κ1) is 7.33. The molecule has 2 aliphatic rings. The zero-order valence-corrected chi connectivity index (χ0v) is 8.50. The molecule has 0 saturated heterocycles. The van der Waals surface area contributed by atoms with Gasteiger partial charge >= 0.3 is 0 Å². The lowest BCUT2D eigenvalue weighted by molar-refractivity contribution is 0.319. The Morgan fingerprint density at radius 2 is 1.93 bits per heavy atom. The third-order valence-corrected chi connectivity index (χ3v) is 3.84. The first-order valence-corrected chi connectivity index (χ1v) is 5.68. The molecule has 1 heteroatoms. The molecule has 1 aliphatic carbocycles. The molecular formula is C13H17N. The van der Waals surface area contributed by atoms with Crippen LogP contribution in [0, 0.1) is 0 Å². The maximum atomic E-state index is 8.01. The third-order valence-electron chi connectivity index (χ3n) is 3.84. The van der Waals surface area contributed by atoms with E-state index in [0.717, 1.165) is 12.2 Å². The lowest BCUT2D eigenvalue weighted by Crippen LogP contribution is -2.30. The van der Waals surface area contributed by atoms with Gasteiger partial charge in [0, 0.05) is 17.6 Å². The van der Waals surface area contributed by atoms with Gasteiger partial charge in [0.1, 0.15) is 0 Å². The van der Waals surface area contributed by atoms with E-state index < -0.39 is 0 Å². The number of rotatable bonds is 0. The molecule has 1 spiro atoms. The molecule has 1 nitrogen and oxygen atoms in total. The number of para-hydroxylation sites is 1. The summed E-state index contributed by atoms with van der Waals surface area (Å²) < 4.78 is 8.01. The van der Waals surface area contributed by atoms with Gasteiger partial charge in [-0.05, 0) is 24.5 Å². The molecule has 1 N–H and O–H groups in total. The Morgan fingerprint density at radius 1 is 1.14 bits per heavy atom. The van der Waals surface area contributed by atoms with Crippen LogP contribution in [0.3, 0.4) is 0 Å². The minimum Gasteiger partial charge on any atom is -0.384 e. The van der Waals surface area contributed by atoms with Crippen molar-refractivity contribution >= 4 is 5.69 Å². The molecule has 3 rings (SSSR count). The van der Waals surface area contributed by atoms with Crippen LogP contribution in [0.5, 0.6) is 0 Å². The Hall–Kier alpha value is -0.980. The lowest BCUT2D eigenvalue weighted by atomic mass is 9.71. The van der Waals surface area contributed by atoms with E-state index in [2.05, 4.69) is 18.2 Å². The highest BCUT2D eigenvalue weighted by Crippen LogP contribution is 2.46. The van der Waals surface area contributed by atoms with Crippen molar-refractivity contribution in [2.45, 2.75) is 37.5 Å². The van der Waals surface area contributed by atoms with E-state index in [1.807, 2.05) is 6.07 Å². The number of hydrogen-bond donors (Lipinski definition) is 1. The topological polar surface area (TPSA) is 12.0 Å². The minimum absolute atomic E-state index is 0.316. The fourth-order valence-corrected chi connectivity index (χ4v) is 3.04. The van der Waals surface area contributed by atoms with Gasteiger partial charge in [-0.1, -0.05) is 37.5 Å². The van der Waals surface area contributed by atoms with E-state index in [1.54, 1.807) is 5.31 Å². The van der Waals surface area contributed by atoms with Crippen molar-refractivity contribution in [2.24, 2.45) is 0 Å². The fraction of sp³-hybridized carbons (Fsp3) is 0.538. The predicted octanol–water partition coefficient (Wildman–Crippen LogP) is 3.31. The van der Waals surface area contributed by atoms with Gasteiger partial charge in [0.05, 0.1) is 0 Å². The van der Waals surface area contributed by atoms with Crippen LogP contribution in [0.2, 0.25) is 1.41 Å². The van der Waals surface area contributed by atoms with Crippen molar-refractivity contribution in [3.05, 3.63) is 29.8 Å². The molecule has 0 amide bonds. The number of hydrogen-bond acceptors (Lipinski definition) is 1. The highest BCUT2D eigenvalue weighted by atomic mass is 14.9. The van der Waals surface area contributed by atoms with Gasteiger partial charge in [-0.2, -0.15) is 0 Å². The van der Waals surface area contributed by atoms with E-state index >= 15 is 0 Å². The summed E-state index contributed by atoms with van der Waals surface area (Å²) in [5.74, 6) is 0. The van der Waals surface area contributed by atoms with Gasteiger partial charge in [0.15, 0.2) is 1.41 Å². The highest BCUT2D eigenvalue weighted by Gasteiger charge is 2.39. The molecule has 1 saturated carbocycles. The maximum absolute atomic E-state index is 8.01. The number of fused-ring (bicyclic) bond motifs is 2. The number of nitrogens with one attached hydrogen (secondary N) is 1. The second-order valence-corrected chi connectivity index (χ2v) is 4.67. The largest absolute Gasteiger partial charge is 0.384 e. The summed E-state index contributed by atoms with van der Waals surface area (Å²) in [5.41, 5.74) is 2.88. The van der Waals surface area contributed by atoms with E-state index in [4.69, 9.17) is 1.41 Å². The minimum atomic E-state index is 0.316. The molecule has 14 heavy (non-hydrogen) atoms. The summed E-state index contributed by atoms with van der Waals surface area (Å²) in [6, 6.07) is 8.48. The first-order valence-electron chi connectivity index (χ1n) is 6.13. The zero-order valence-electron chi connectivity index (χ0n) is 9.50. The summed E-state index contributed by atoms with van der Waals surface area (Å²) in [6.45, 7) is 0.909. The molecule has 0 unspecified atom stereocenters.